The largest absolute Gasteiger partial charge is 0.472 e. The molecule has 0 fully saturated rings. The third-order valence-corrected chi connectivity index (χ3v) is 5.73. The first-order valence-corrected chi connectivity index (χ1v) is 11.9. The summed E-state index contributed by atoms with van der Waals surface area (Å²) in [4.78, 5) is 9.48. The molecular weight excluding hydrogens is 439 g/mol. The fraction of sp³-hybridized carbons (Fsp3) is 0.231. The Balaban J connectivity index is 1.58. The van der Waals surface area contributed by atoms with Gasteiger partial charge in [0.05, 0.1) is 19.8 Å². The summed E-state index contributed by atoms with van der Waals surface area (Å²) < 4.78 is 31.8. The van der Waals surface area contributed by atoms with E-state index in [1.165, 1.54) is 12.7 Å². The molecule has 0 bridgehead atoms. The molecule has 0 heterocycles. The SMILES string of the molecule is COC[C@H](COCc1cccc(C#Cc2ccc(-c3ccccc3)cc2)c1)OP(=O)(O)OC. The van der Waals surface area contributed by atoms with Crippen LogP contribution in [-0.4, -0.2) is 38.4 Å². The molecule has 3 rings (SSSR count). The number of hydrogen-bond acceptors (Lipinski definition) is 5. The molecule has 33 heavy (non-hydrogen) atoms. The summed E-state index contributed by atoms with van der Waals surface area (Å²) in [7, 11) is -1.53. The fourth-order valence-electron chi connectivity index (χ4n) is 3.09. The van der Waals surface area contributed by atoms with Gasteiger partial charge in [0.1, 0.15) is 6.10 Å². The molecule has 0 saturated carbocycles. The third kappa shape index (κ3) is 8.27. The van der Waals surface area contributed by atoms with E-state index in [9.17, 15) is 9.46 Å². The highest BCUT2D eigenvalue weighted by Gasteiger charge is 2.25. The van der Waals surface area contributed by atoms with E-state index < -0.39 is 13.9 Å². The van der Waals surface area contributed by atoms with Crippen molar-refractivity contribution in [3.63, 3.8) is 0 Å². The van der Waals surface area contributed by atoms with Crippen LogP contribution in [0.3, 0.4) is 0 Å². The first-order chi connectivity index (χ1) is 16.0. The Morgan fingerprint density at radius 1 is 0.848 bits per heavy atom. The fourth-order valence-corrected chi connectivity index (χ4v) is 3.68. The van der Waals surface area contributed by atoms with Crippen molar-refractivity contribution in [3.8, 4) is 23.0 Å². The van der Waals surface area contributed by atoms with Gasteiger partial charge in [0.25, 0.3) is 0 Å². The summed E-state index contributed by atoms with van der Waals surface area (Å²) >= 11 is 0. The zero-order valence-electron chi connectivity index (χ0n) is 18.6. The summed E-state index contributed by atoms with van der Waals surface area (Å²) in [6.45, 7) is 0.474. The van der Waals surface area contributed by atoms with Crippen LogP contribution in [0.5, 0.6) is 0 Å². The van der Waals surface area contributed by atoms with E-state index in [1.54, 1.807) is 0 Å². The number of phosphoric acid groups is 1. The van der Waals surface area contributed by atoms with Gasteiger partial charge in [-0.25, -0.2) is 4.57 Å². The molecule has 0 aliphatic heterocycles. The second kappa shape index (κ2) is 12.5. The minimum absolute atomic E-state index is 0.0748. The van der Waals surface area contributed by atoms with Crippen LogP contribution in [0, 0.1) is 11.8 Å². The van der Waals surface area contributed by atoms with E-state index in [2.05, 4.69) is 40.6 Å². The van der Waals surface area contributed by atoms with E-state index in [-0.39, 0.29) is 13.2 Å². The molecule has 0 spiro atoms. The van der Waals surface area contributed by atoms with Crippen LogP contribution in [0.1, 0.15) is 16.7 Å². The van der Waals surface area contributed by atoms with Gasteiger partial charge < -0.3 is 14.4 Å². The van der Waals surface area contributed by atoms with Crippen LogP contribution < -0.4 is 0 Å². The van der Waals surface area contributed by atoms with Gasteiger partial charge in [-0.2, -0.15) is 0 Å². The molecule has 1 N–H and O–H groups in total. The van der Waals surface area contributed by atoms with Crippen LogP contribution in [-0.2, 0) is 29.7 Å². The third-order valence-electron chi connectivity index (χ3n) is 4.71. The van der Waals surface area contributed by atoms with Crippen molar-refractivity contribution in [2.45, 2.75) is 12.7 Å². The predicted octanol–water partition coefficient (Wildman–Crippen LogP) is 5.05. The average Bonchev–Trinajstić information content (AvgIpc) is 2.84. The van der Waals surface area contributed by atoms with Gasteiger partial charge in [-0.05, 0) is 41.0 Å². The highest BCUT2D eigenvalue weighted by Crippen LogP contribution is 2.43. The minimum atomic E-state index is -4.12. The highest BCUT2D eigenvalue weighted by atomic mass is 31.2. The van der Waals surface area contributed by atoms with Gasteiger partial charge >= 0.3 is 7.82 Å². The molecule has 7 heteroatoms. The first-order valence-electron chi connectivity index (χ1n) is 10.4. The van der Waals surface area contributed by atoms with Crippen molar-refractivity contribution in [1.29, 1.82) is 0 Å². The molecule has 6 nitrogen and oxygen atoms in total. The van der Waals surface area contributed by atoms with Gasteiger partial charge in [-0.15, -0.1) is 0 Å². The lowest BCUT2D eigenvalue weighted by Gasteiger charge is -2.19. The van der Waals surface area contributed by atoms with Crippen molar-refractivity contribution in [2.75, 3.05) is 27.4 Å². The standard InChI is InChI=1S/C26H27O6P/c1-29-19-26(32-33(27,28)30-2)20-31-18-23-8-6-7-22(17-23)12-11-21-13-15-25(16-14-21)24-9-4-3-5-10-24/h3-10,13-17,26H,18-20H2,1-2H3,(H,27,28)/t26-/m1/s1. The maximum atomic E-state index is 11.6. The average molecular weight is 466 g/mol. The number of benzene rings is 3. The van der Waals surface area contributed by atoms with E-state index in [1.807, 2.05) is 54.6 Å². The smallest absolute Gasteiger partial charge is 0.382 e. The Labute approximate surface area is 194 Å². The van der Waals surface area contributed by atoms with Crippen molar-refractivity contribution < 1.29 is 28.0 Å². The van der Waals surface area contributed by atoms with Crippen LogP contribution >= 0.6 is 7.82 Å². The van der Waals surface area contributed by atoms with Crippen LogP contribution in [0.2, 0.25) is 0 Å². The summed E-state index contributed by atoms with van der Waals surface area (Å²) in [5, 5.41) is 0. The molecule has 0 aromatic heterocycles. The monoisotopic (exact) mass is 466 g/mol. The lowest BCUT2D eigenvalue weighted by molar-refractivity contribution is -0.0135. The van der Waals surface area contributed by atoms with Gasteiger partial charge in [0.15, 0.2) is 0 Å². The zero-order chi connectivity index (χ0) is 23.5. The van der Waals surface area contributed by atoms with Crippen molar-refractivity contribution in [3.05, 3.63) is 95.6 Å². The number of methoxy groups -OCH3 is 1. The molecule has 1 unspecified atom stereocenters. The lowest BCUT2D eigenvalue weighted by atomic mass is 10.0. The molecule has 2 atom stereocenters. The number of hydrogen-bond donors (Lipinski definition) is 1. The molecule has 0 amide bonds. The Bertz CT molecular complexity index is 1120. The normalized spacial score (nSPS) is 13.5. The van der Waals surface area contributed by atoms with Gasteiger partial charge in [0, 0.05) is 25.3 Å². The topological polar surface area (TPSA) is 74.2 Å². The van der Waals surface area contributed by atoms with Crippen LogP contribution in [0.25, 0.3) is 11.1 Å². The zero-order valence-corrected chi connectivity index (χ0v) is 19.5. The van der Waals surface area contributed by atoms with Crippen LogP contribution in [0.15, 0.2) is 78.9 Å². The quantitative estimate of drug-likeness (QED) is 0.333. The predicted molar refractivity (Wildman–Crippen MR) is 128 cm³/mol. The molecule has 0 radical (unpaired) electrons. The molecule has 0 saturated heterocycles. The second-order valence-electron chi connectivity index (χ2n) is 7.24. The first kappa shape index (κ1) is 24.9. The lowest BCUT2D eigenvalue weighted by Crippen LogP contribution is -2.24. The molecule has 172 valence electrons. The van der Waals surface area contributed by atoms with Gasteiger partial charge in [-0.3, -0.25) is 9.05 Å². The Morgan fingerprint density at radius 3 is 2.24 bits per heavy atom. The maximum absolute atomic E-state index is 11.6. The van der Waals surface area contributed by atoms with Crippen molar-refractivity contribution in [2.24, 2.45) is 0 Å². The van der Waals surface area contributed by atoms with E-state index in [0.29, 0.717) is 6.61 Å². The molecule has 3 aromatic carbocycles. The molecule has 0 aliphatic rings. The number of ether oxygens (including phenoxy) is 2. The Hall–Kier alpha value is -2.75. The summed E-state index contributed by atoms with van der Waals surface area (Å²) in [6, 6.07) is 26.1. The summed E-state index contributed by atoms with van der Waals surface area (Å²) in [6.07, 6.45) is -0.729. The van der Waals surface area contributed by atoms with Crippen LogP contribution in [0.4, 0.5) is 0 Å². The molecule has 3 aromatic rings. The van der Waals surface area contributed by atoms with E-state index in [4.69, 9.17) is 14.0 Å². The summed E-state index contributed by atoms with van der Waals surface area (Å²) in [5.41, 5.74) is 5.05. The van der Waals surface area contributed by atoms with Gasteiger partial charge in [0.2, 0.25) is 0 Å². The van der Waals surface area contributed by atoms with E-state index in [0.717, 1.165) is 29.4 Å². The van der Waals surface area contributed by atoms with Gasteiger partial charge in [-0.1, -0.05) is 66.4 Å². The second-order valence-corrected chi connectivity index (χ2v) is 8.76. The highest BCUT2D eigenvalue weighted by molar-refractivity contribution is 7.47. The number of phosphoric ester groups is 1. The Kier molecular flexibility index (Phi) is 9.41. The van der Waals surface area contributed by atoms with Crippen molar-refractivity contribution in [1.82, 2.24) is 0 Å². The number of rotatable bonds is 10. The molecular formula is C26H27O6P. The van der Waals surface area contributed by atoms with Crippen molar-refractivity contribution >= 4 is 7.82 Å². The maximum Gasteiger partial charge on any atom is 0.472 e. The molecule has 0 aliphatic carbocycles. The minimum Gasteiger partial charge on any atom is -0.382 e. The Morgan fingerprint density at radius 2 is 1.55 bits per heavy atom. The van der Waals surface area contributed by atoms with E-state index >= 15 is 0 Å². The summed E-state index contributed by atoms with van der Waals surface area (Å²) in [5.74, 6) is 6.37.